The third-order valence-corrected chi connectivity index (χ3v) is 5.21. The number of carbonyl (C=O) groups excluding carboxylic acids is 1. The predicted octanol–water partition coefficient (Wildman–Crippen LogP) is 6.53. The highest BCUT2D eigenvalue weighted by Crippen LogP contribution is 2.25. The van der Waals surface area contributed by atoms with Crippen molar-refractivity contribution in [2.75, 3.05) is 11.9 Å². The van der Waals surface area contributed by atoms with Crippen molar-refractivity contribution in [2.24, 2.45) is 0 Å². The number of rotatable bonds is 10. The topological polar surface area (TPSA) is 47.6 Å². The van der Waals surface area contributed by atoms with Gasteiger partial charge in [0.05, 0.1) is 12.3 Å². The lowest BCUT2D eigenvalue weighted by atomic mass is 10.1. The van der Waals surface area contributed by atoms with Gasteiger partial charge in [-0.2, -0.15) is 0 Å². The Morgan fingerprint density at radius 2 is 1.30 bits per heavy atom. The van der Waals surface area contributed by atoms with E-state index in [0.717, 1.165) is 24.2 Å². The van der Waals surface area contributed by atoms with Crippen LogP contribution in [-0.2, 0) is 13.0 Å². The van der Waals surface area contributed by atoms with Crippen LogP contribution in [0.4, 0.5) is 5.69 Å². The van der Waals surface area contributed by atoms with Crippen LogP contribution in [0, 0.1) is 0 Å². The fraction of sp³-hybridized carbons (Fsp3) is 0.138. The molecule has 166 valence electrons. The fourth-order valence-electron chi connectivity index (χ4n) is 3.44. The molecule has 0 unspecified atom stereocenters. The van der Waals surface area contributed by atoms with Crippen molar-refractivity contribution in [1.82, 2.24) is 0 Å². The number of amides is 1. The van der Waals surface area contributed by atoms with Gasteiger partial charge in [0.2, 0.25) is 0 Å². The second-order valence-electron chi connectivity index (χ2n) is 7.69. The first kappa shape index (κ1) is 22.2. The third-order valence-electron chi connectivity index (χ3n) is 5.21. The van der Waals surface area contributed by atoms with Crippen molar-refractivity contribution in [2.45, 2.75) is 19.4 Å². The lowest BCUT2D eigenvalue weighted by Crippen LogP contribution is -2.13. The van der Waals surface area contributed by atoms with Gasteiger partial charge >= 0.3 is 0 Å². The highest BCUT2D eigenvalue weighted by Gasteiger charge is 2.10. The molecule has 0 bridgehead atoms. The molecule has 0 saturated heterocycles. The van der Waals surface area contributed by atoms with Gasteiger partial charge in [0.25, 0.3) is 5.91 Å². The van der Waals surface area contributed by atoms with Gasteiger partial charge in [0.15, 0.2) is 0 Å². The first-order valence-electron chi connectivity index (χ1n) is 11.1. The summed E-state index contributed by atoms with van der Waals surface area (Å²) in [5.74, 6) is 1.20. The highest BCUT2D eigenvalue weighted by atomic mass is 16.5. The van der Waals surface area contributed by atoms with Crippen molar-refractivity contribution >= 4 is 11.6 Å². The van der Waals surface area contributed by atoms with E-state index >= 15 is 0 Å². The molecule has 0 atom stereocenters. The Bertz CT molecular complexity index is 1140. The van der Waals surface area contributed by atoms with Crippen LogP contribution in [0.15, 0.2) is 109 Å². The van der Waals surface area contributed by atoms with E-state index in [1.807, 2.05) is 84.9 Å². The Morgan fingerprint density at radius 1 is 0.667 bits per heavy atom. The van der Waals surface area contributed by atoms with Gasteiger partial charge in [0, 0.05) is 5.56 Å². The summed E-state index contributed by atoms with van der Waals surface area (Å²) in [5.41, 5.74) is 3.60. The van der Waals surface area contributed by atoms with Gasteiger partial charge in [-0.1, -0.05) is 72.8 Å². The zero-order valence-corrected chi connectivity index (χ0v) is 18.4. The summed E-state index contributed by atoms with van der Waals surface area (Å²) >= 11 is 0. The maximum absolute atomic E-state index is 12.8. The number of para-hydroxylation sites is 2. The molecule has 0 aromatic heterocycles. The van der Waals surface area contributed by atoms with Crippen LogP contribution in [0.5, 0.6) is 11.5 Å². The second-order valence-corrected chi connectivity index (χ2v) is 7.69. The minimum absolute atomic E-state index is 0.190. The van der Waals surface area contributed by atoms with Gasteiger partial charge in [-0.3, -0.25) is 4.79 Å². The summed E-state index contributed by atoms with van der Waals surface area (Å²) in [6.07, 6.45) is 1.85. The molecular formula is C29H27NO3. The minimum atomic E-state index is -0.190. The smallest absolute Gasteiger partial charge is 0.255 e. The van der Waals surface area contributed by atoms with E-state index in [4.69, 9.17) is 9.47 Å². The van der Waals surface area contributed by atoms with E-state index in [9.17, 15) is 4.79 Å². The van der Waals surface area contributed by atoms with Crippen LogP contribution in [0.2, 0.25) is 0 Å². The van der Waals surface area contributed by atoms with E-state index in [0.29, 0.717) is 30.2 Å². The fourth-order valence-corrected chi connectivity index (χ4v) is 3.44. The summed E-state index contributed by atoms with van der Waals surface area (Å²) in [7, 11) is 0. The number of anilines is 1. The molecule has 4 aromatic carbocycles. The molecule has 33 heavy (non-hydrogen) atoms. The zero-order valence-electron chi connectivity index (χ0n) is 18.4. The van der Waals surface area contributed by atoms with Crippen LogP contribution in [0.25, 0.3) is 0 Å². The van der Waals surface area contributed by atoms with Crippen molar-refractivity contribution in [3.8, 4) is 11.5 Å². The molecule has 0 heterocycles. The van der Waals surface area contributed by atoms with E-state index in [1.165, 1.54) is 5.56 Å². The molecule has 0 aliphatic heterocycles. The Hall–Kier alpha value is -4.05. The first-order valence-corrected chi connectivity index (χ1v) is 11.1. The van der Waals surface area contributed by atoms with Crippen LogP contribution < -0.4 is 14.8 Å². The van der Waals surface area contributed by atoms with Crippen LogP contribution in [0.1, 0.15) is 27.9 Å². The maximum atomic E-state index is 12.8. The van der Waals surface area contributed by atoms with Crippen molar-refractivity contribution in [1.29, 1.82) is 0 Å². The molecule has 0 aliphatic carbocycles. The molecule has 1 amide bonds. The van der Waals surface area contributed by atoms with Crippen molar-refractivity contribution in [3.05, 3.63) is 126 Å². The number of hydrogen-bond acceptors (Lipinski definition) is 3. The summed E-state index contributed by atoms with van der Waals surface area (Å²) in [5, 5.41) is 2.96. The third kappa shape index (κ3) is 6.71. The quantitative estimate of drug-likeness (QED) is 0.287. The Kier molecular flexibility index (Phi) is 7.74. The van der Waals surface area contributed by atoms with Crippen LogP contribution in [0.3, 0.4) is 0 Å². The SMILES string of the molecule is O=C(Nc1ccccc1OCCCc1ccccc1)c1ccc(OCc2ccccc2)cc1. The molecular weight excluding hydrogens is 410 g/mol. The van der Waals surface area contributed by atoms with E-state index < -0.39 is 0 Å². The van der Waals surface area contributed by atoms with Crippen molar-refractivity contribution in [3.63, 3.8) is 0 Å². The van der Waals surface area contributed by atoms with E-state index in [2.05, 4.69) is 17.4 Å². The minimum Gasteiger partial charge on any atom is -0.491 e. The molecule has 4 aromatic rings. The predicted molar refractivity (Wildman–Crippen MR) is 132 cm³/mol. The number of hydrogen-bond donors (Lipinski definition) is 1. The van der Waals surface area contributed by atoms with Gasteiger partial charge in [0.1, 0.15) is 18.1 Å². The molecule has 0 saturated carbocycles. The number of nitrogens with one attached hydrogen (secondary N) is 1. The molecule has 4 heteroatoms. The number of carbonyl (C=O) groups is 1. The zero-order chi connectivity index (χ0) is 22.7. The Morgan fingerprint density at radius 3 is 2.03 bits per heavy atom. The van der Waals surface area contributed by atoms with Gasteiger partial charge in [-0.25, -0.2) is 0 Å². The molecule has 0 spiro atoms. The van der Waals surface area contributed by atoms with Gasteiger partial charge < -0.3 is 14.8 Å². The first-order chi connectivity index (χ1) is 16.3. The monoisotopic (exact) mass is 437 g/mol. The highest BCUT2D eigenvalue weighted by molar-refractivity contribution is 6.05. The standard InChI is InChI=1S/C29H27NO3/c31-29(25-17-19-26(20-18-25)33-22-24-12-5-2-6-13-24)30-27-15-7-8-16-28(27)32-21-9-14-23-10-3-1-4-11-23/h1-8,10-13,15-20H,9,14,21-22H2,(H,30,31). The van der Waals surface area contributed by atoms with Crippen LogP contribution in [-0.4, -0.2) is 12.5 Å². The number of benzene rings is 4. The number of aryl methyl sites for hydroxylation is 1. The Labute approximate surface area is 194 Å². The normalized spacial score (nSPS) is 10.4. The summed E-state index contributed by atoms with van der Waals surface area (Å²) in [4.78, 5) is 12.8. The Balaban J connectivity index is 1.29. The molecule has 4 nitrogen and oxygen atoms in total. The summed E-state index contributed by atoms with van der Waals surface area (Å²) in [6.45, 7) is 1.07. The molecule has 0 fully saturated rings. The van der Waals surface area contributed by atoms with E-state index in [-0.39, 0.29) is 5.91 Å². The summed E-state index contributed by atoms with van der Waals surface area (Å²) < 4.78 is 11.8. The molecule has 0 aliphatic rings. The summed E-state index contributed by atoms with van der Waals surface area (Å²) in [6, 6.07) is 35.0. The van der Waals surface area contributed by atoms with Crippen molar-refractivity contribution < 1.29 is 14.3 Å². The van der Waals surface area contributed by atoms with Gasteiger partial charge in [-0.05, 0) is 60.4 Å². The second kappa shape index (κ2) is 11.5. The molecule has 0 radical (unpaired) electrons. The lowest BCUT2D eigenvalue weighted by Gasteiger charge is -2.13. The number of ether oxygens (including phenoxy) is 2. The molecule has 1 N–H and O–H groups in total. The lowest BCUT2D eigenvalue weighted by molar-refractivity contribution is 0.102. The average Bonchev–Trinajstić information content (AvgIpc) is 2.88. The van der Waals surface area contributed by atoms with Crippen LogP contribution >= 0.6 is 0 Å². The maximum Gasteiger partial charge on any atom is 0.255 e. The largest absolute Gasteiger partial charge is 0.491 e. The van der Waals surface area contributed by atoms with E-state index in [1.54, 1.807) is 12.1 Å². The van der Waals surface area contributed by atoms with Gasteiger partial charge in [-0.15, -0.1) is 0 Å². The average molecular weight is 438 g/mol. The molecule has 4 rings (SSSR count).